The van der Waals surface area contributed by atoms with Gasteiger partial charge in [0.15, 0.2) is 6.23 Å². The van der Waals surface area contributed by atoms with E-state index >= 15 is 0 Å². The monoisotopic (exact) mass is 518 g/mol. The zero-order valence-corrected chi connectivity index (χ0v) is 19.2. The molecule has 0 amide bonds. The first kappa shape index (κ1) is 25.4. The molecule has 0 aliphatic carbocycles. The molecule has 2 aromatic heterocycles. The Morgan fingerprint density at radius 1 is 1.22 bits per heavy atom. The topological polar surface area (TPSA) is 246 Å². The Bertz CT molecular complexity index is 1150. The number of rotatable bonds is 8. The number of phosphoric acid groups is 3. The van der Waals surface area contributed by atoms with Crippen LogP contribution in [0.5, 0.6) is 0 Å². The van der Waals surface area contributed by atoms with Crippen molar-refractivity contribution in [3.05, 3.63) is 18.6 Å². The second-order valence-electron chi connectivity index (χ2n) is 7.21. The van der Waals surface area contributed by atoms with E-state index in [-0.39, 0.29) is 12.2 Å². The second kappa shape index (κ2) is 8.51. The molecule has 3 rings (SSSR count). The van der Waals surface area contributed by atoms with Crippen LogP contribution in [0.4, 0.5) is 5.82 Å². The average molecular weight is 518 g/mol. The van der Waals surface area contributed by atoms with Gasteiger partial charge >= 0.3 is 23.5 Å². The summed E-state index contributed by atoms with van der Waals surface area (Å²) in [4.78, 5) is 44.1. The number of hydrogen-bond acceptors (Lipinski definition) is 11. The SMILES string of the molecule is CC(OP(=O)(O)OP(=O)(O)OP(=O)(O)O)C1CC(C)(O)C(n2ccc3c(N)ncnc32)O1. The summed E-state index contributed by atoms with van der Waals surface area (Å²) in [5.74, 6) is 0.212. The van der Waals surface area contributed by atoms with Gasteiger partial charge in [-0.25, -0.2) is 23.7 Å². The first-order valence-corrected chi connectivity index (χ1v) is 13.3. The van der Waals surface area contributed by atoms with Crippen molar-refractivity contribution in [1.82, 2.24) is 14.5 Å². The van der Waals surface area contributed by atoms with Crippen LogP contribution < -0.4 is 5.73 Å². The van der Waals surface area contributed by atoms with E-state index in [0.29, 0.717) is 11.0 Å². The maximum Gasteiger partial charge on any atom is 0.490 e. The van der Waals surface area contributed by atoms with E-state index in [2.05, 4.69) is 18.6 Å². The van der Waals surface area contributed by atoms with Crippen LogP contribution in [0, 0.1) is 0 Å². The van der Waals surface area contributed by atoms with Crippen molar-refractivity contribution in [3.63, 3.8) is 0 Å². The van der Waals surface area contributed by atoms with Crippen LogP contribution in [0.15, 0.2) is 18.6 Å². The number of ether oxygens (including phenoxy) is 1. The van der Waals surface area contributed by atoms with E-state index in [4.69, 9.17) is 24.8 Å². The van der Waals surface area contributed by atoms with Crippen molar-refractivity contribution in [1.29, 1.82) is 0 Å². The molecule has 1 aliphatic heterocycles. The molecule has 2 aromatic rings. The summed E-state index contributed by atoms with van der Waals surface area (Å²) in [7, 11) is -16.5. The molecule has 19 heteroatoms. The summed E-state index contributed by atoms with van der Waals surface area (Å²) in [6.45, 7) is 2.71. The van der Waals surface area contributed by atoms with Gasteiger partial charge in [-0.3, -0.25) is 4.52 Å². The van der Waals surface area contributed by atoms with Crippen LogP contribution in [0.1, 0.15) is 26.5 Å². The predicted octanol–water partition coefficient (Wildman–Crippen LogP) is 0.784. The van der Waals surface area contributed by atoms with Gasteiger partial charge in [0.25, 0.3) is 0 Å². The number of hydrogen-bond donors (Lipinski definition) is 6. The Morgan fingerprint density at radius 3 is 2.50 bits per heavy atom. The van der Waals surface area contributed by atoms with Crippen molar-refractivity contribution in [2.75, 3.05) is 5.73 Å². The number of nitrogen functional groups attached to an aromatic ring is 1. The lowest BCUT2D eigenvalue weighted by Gasteiger charge is -2.25. The molecule has 3 heterocycles. The summed E-state index contributed by atoms with van der Waals surface area (Å²) in [5, 5.41) is 11.4. The van der Waals surface area contributed by atoms with Crippen molar-refractivity contribution < 1.29 is 56.3 Å². The van der Waals surface area contributed by atoms with Crippen molar-refractivity contribution in [2.45, 2.75) is 44.3 Å². The fraction of sp³-hybridized carbons (Fsp3) is 0.538. The van der Waals surface area contributed by atoms with Crippen molar-refractivity contribution >= 4 is 40.3 Å². The van der Waals surface area contributed by atoms with E-state index in [9.17, 15) is 28.6 Å². The van der Waals surface area contributed by atoms with Gasteiger partial charge in [-0.2, -0.15) is 8.62 Å². The molecule has 0 saturated carbocycles. The van der Waals surface area contributed by atoms with E-state index in [1.807, 2.05) is 0 Å². The largest absolute Gasteiger partial charge is 0.490 e. The van der Waals surface area contributed by atoms with Crippen molar-refractivity contribution in [2.24, 2.45) is 0 Å². The number of aliphatic hydroxyl groups is 1. The third-order valence-electron chi connectivity index (χ3n) is 4.48. The number of anilines is 1. The third-order valence-corrected chi connectivity index (χ3v) is 8.41. The number of phosphoric ester groups is 1. The highest BCUT2D eigenvalue weighted by molar-refractivity contribution is 7.66. The van der Waals surface area contributed by atoms with Gasteiger partial charge in [0, 0.05) is 12.6 Å². The van der Waals surface area contributed by atoms with Crippen molar-refractivity contribution in [3.8, 4) is 0 Å². The fourth-order valence-corrected chi connectivity index (χ4v) is 6.48. The Balaban J connectivity index is 1.75. The van der Waals surface area contributed by atoms with Gasteiger partial charge in [-0.05, 0) is 19.9 Å². The average Bonchev–Trinajstić information content (AvgIpc) is 3.12. The molecule has 16 nitrogen and oxygen atoms in total. The molecule has 1 aliphatic rings. The molecule has 1 fully saturated rings. The lowest BCUT2D eigenvalue weighted by atomic mass is 9.98. The van der Waals surface area contributed by atoms with E-state index in [1.165, 1.54) is 24.7 Å². The van der Waals surface area contributed by atoms with Gasteiger partial charge in [0.1, 0.15) is 23.4 Å². The molecule has 0 spiro atoms. The summed E-state index contributed by atoms with van der Waals surface area (Å²) in [6, 6.07) is 1.62. The summed E-state index contributed by atoms with van der Waals surface area (Å²) < 4.78 is 53.7. The minimum atomic E-state index is -5.65. The summed E-state index contributed by atoms with van der Waals surface area (Å²) in [5.41, 5.74) is 4.66. The Kier molecular flexibility index (Phi) is 6.75. The van der Waals surface area contributed by atoms with Crippen LogP contribution in [-0.4, -0.2) is 57.0 Å². The molecule has 0 aromatic carbocycles. The van der Waals surface area contributed by atoms with Crippen LogP contribution in [0.25, 0.3) is 11.0 Å². The number of nitrogens with two attached hydrogens (primary N) is 1. The van der Waals surface area contributed by atoms with Gasteiger partial charge in [0.05, 0.1) is 17.6 Å². The molecule has 32 heavy (non-hydrogen) atoms. The predicted molar refractivity (Wildman–Crippen MR) is 106 cm³/mol. The highest BCUT2D eigenvalue weighted by atomic mass is 31.3. The zero-order valence-electron chi connectivity index (χ0n) is 16.5. The van der Waals surface area contributed by atoms with Crippen LogP contribution in [0.3, 0.4) is 0 Å². The lowest BCUT2D eigenvalue weighted by Crippen LogP contribution is -2.32. The van der Waals surface area contributed by atoms with E-state index in [1.54, 1.807) is 12.3 Å². The summed E-state index contributed by atoms with van der Waals surface area (Å²) >= 11 is 0. The molecule has 6 atom stereocenters. The number of aromatic nitrogens is 3. The maximum absolute atomic E-state index is 12.1. The molecule has 1 saturated heterocycles. The van der Waals surface area contributed by atoms with Gasteiger partial charge < -0.3 is 39.7 Å². The molecule has 0 bridgehead atoms. The molecule has 6 unspecified atom stereocenters. The van der Waals surface area contributed by atoms with Gasteiger partial charge in [-0.15, -0.1) is 0 Å². The minimum absolute atomic E-state index is 0.102. The first-order chi connectivity index (χ1) is 14.5. The number of nitrogens with zero attached hydrogens (tertiary/aromatic N) is 3. The van der Waals surface area contributed by atoms with Gasteiger partial charge in [0.2, 0.25) is 0 Å². The zero-order chi connectivity index (χ0) is 24.1. The molecule has 7 N–H and O–H groups in total. The maximum atomic E-state index is 12.1. The molecular weight excluding hydrogens is 497 g/mol. The molecular formula is C13H21N4O12P3. The van der Waals surface area contributed by atoms with E-state index in [0.717, 1.165) is 0 Å². The van der Waals surface area contributed by atoms with E-state index < -0.39 is 47.5 Å². The van der Waals surface area contributed by atoms with Crippen LogP contribution >= 0.6 is 23.5 Å². The normalized spacial score (nSPS) is 29.0. The highest BCUT2D eigenvalue weighted by Crippen LogP contribution is 2.66. The standard InChI is InChI=1S/C13H21N4O12P3/c1-7(27-31(22,23)29-32(24,25)28-30(19,20)21)9-5-13(2,18)12(26-9)17-4-3-8-10(14)15-6-16-11(8)17/h3-4,6-7,9,12,18H,5H2,1-2H3,(H,22,23)(H,24,25)(H2,14,15,16)(H2,19,20,21). The number of fused-ring (bicyclic) bond motifs is 1. The Hall–Kier alpha value is -1.25. The highest BCUT2D eigenvalue weighted by Gasteiger charge is 2.49. The lowest BCUT2D eigenvalue weighted by molar-refractivity contribution is -0.0949. The summed E-state index contributed by atoms with van der Waals surface area (Å²) in [6.07, 6.45) is -0.645. The first-order valence-electron chi connectivity index (χ1n) is 8.77. The second-order valence-corrected chi connectivity index (χ2v) is 11.6. The van der Waals surface area contributed by atoms with Crippen LogP contribution in [0.2, 0.25) is 0 Å². The van der Waals surface area contributed by atoms with Crippen LogP contribution in [-0.2, 0) is 31.6 Å². The Labute approximate surface area is 180 Å². The molecule has 0 radical (unpaired) electrons. The smallest absolute Gasteiger partial charge is 0.385 e. The quantitative estimate of drug-likeness (QED) is 0.264. The molecule has 180 valence electrons. The minimum Gasteiger partial charge on any atom is -0.385 e. The fourth-order valence-electron chi connectivity index (χ4n) is 3.27. The third kappa shape index (κ3) is 5.81. The van der Waals surface area contributed by atoms with Gasteiger partial charge in [-0.1, -0.05) is 0 Å². The Morgan fingerprint density at radius 2 is 1.88 bits per heavy atom.